The van der Waals surface area contributed by atoms with Gasteiger partial charge in [-0.15, -0.1) is 23.5 Å². The normalized spacial score (nSPS) is 11.2. The summed E-state index contributed by atoms with van der Waals surface area (Å²) in [6.45, 7) is 0. The molecule has 8 heteroatoms. The predicted molar refractivity (Wildman–Crippen MR) is 145 cm³/mol. The van der Waals surface area contributed by atoms with E-state index in [0.717, 1.165) is 20.9 Å². The maximum absolute atomic E-state index is 12.2. The van der Waals surface area contributed by atoms with Gasteiger partial charge in [0.25, 0.3) is 0 Å². The monoisotopic (exact) mass is 512 g/mol. The van der Waals surface area contributed by atoms with Crippen LogP contribution in [0.15, 0.2) is 82.6 Å². The molecule has 2 heterocycles. The fourth-order valence-electron chi connectivity index (χ4n) is 4.12. The fraction of sp³-hybridized carbons (Fsp3) is 0.0714. The lowest BCUT2D eigenvalue weighted by Gasteiger charge is -2.12. The van der Waals surface area contributed by atoms with Crippen LogP contribution in [0.2, 0.25) is 0 Å². The number of carboxylic acids is 2. The third-order valence-corrected chi connectivity index (χ3v) is 7.46. The van der Waals surface area contributed by atoms with E-state index < -0.39 is 11.9 Å². The summed E-state index contributed by atoms with van der Waals surface area (Å²) in [6, 6.07) is 21.8. The van der Waals surface area contributed by atoms with Gasteiger partial charge in [-0.3, -0.25) is 0 Å². The first-order valence-corrected chi connectivity index (χ1v) is 13.4. The first-order chi connectivity index (χ1) is 17.4. The molecule has 0 spiro atoms. The molecule has 0 saturated heterocycles. The van der Waals surface area contributed by atoms with Crippen molar-refractivity contribution in [2.24, 2.45) is 0 Å². The Bertz CT molecular complexity index is 1530. The number of fused-ring (bicyclic) bond motifs is 2. The highest BCUT2D eigenvalue weighted by molar-refractivity contribution is 7.98. The molecule has 36 heavy (non-hydrogen) atoms. The zero-order valence-corrected chi connectivity index (χ0v) is 21.0. The Labute approximate surface area is 215 Å². The Balaban J connectivity index is 1.76. The average molecular weight is 513 g/mol. The minimum atomic E-state index is -1.11. The molecule has 0 aliphatic rings. The van der Waals surface area contributed by atoms with Gasteiger partial charge in [0.15, 0.2) is 0 Å². The molecule has 0 aliphatic carbocycles. The number of hydrogen-bond acceptors (Lipinski definition) is 6. The largest absolute Gasteiger partial charge is 0.478 e. The molecule has 0 saturated carbocycles. The van der Waals surface area contributed by atoms with E-state index in [1.54, 1.807) is 35.7 Å². The summed E-state index contributed by atoms with van der Waals surface area (Å²) in [4.78, 5) is 36.0. The zero-order chi connectivity index (χ0) is 25.4. The highest BCUT2D eigenvalue weighted by Crippen LogP contribution is 2.32. The van der Waals surface area contributed by atoms with Gasteiger partial charge < -0.3 is 10.2 Å². The smallest absolute Gasteiger partial charge is 0.336 e. The SMILES string of the molecule is CSc1ccc(-c2cc(C(=O)O)c3cc4c(C(=O)O)cc(-c5ccc(SC)cc5)nc4cc3n2)cc1. The molecule has 178 valence electrons. The van der Waals surface area contributed by atoms with Gasteiger partial charge in [0.1, 0.15) is 0 Å². The lowest BCUT2D eigenvalue weighted by molar-refractivity contribution is 0.0688. The van der Waals surface area contributed by atoms with Crippen molar-refractivity contribution in [1.29, 1.82) is 0 Å². The van der Waals surface area contributed by atoms with E-state index >= 15 is 0 Å². The van der Waals surface area contributed by atoms with Crippen LogP contribution in [0, 0.1) is 0 Å². The number of carboxylic acid groups (broad SMARTS) is 2. The highest BCUT2D eigenvalue weighted by atomic mass is 32.2. The summed E-state index contributed by atoms with van der Waals surface area (Å²) in [5.74, 6) is -2.22. The number of nitrogens with zero attached hydrogens (tertiary/aromatic N) is 2. The van der Waals surface area contributed by atoms with Gasteiger partial charge in [-0.25, -0.2) is 19.6 Å². The molecule has 3 aromatic carbocycles. The van der Waals surface area contributed by atoms with Gasteiger partial charge in [0.2, 0.25) is 0 Å². The lowest BCUT2D eigenvalue weighted by Crippen LogP contribution is -2.03. The lowest BCUT2D eigenvalue weighted by atomic mass is 9.99. The van der Waals surface area contributed by atoms with E-state index in [2.05, 4.69) is 0 Å². The summed E-state index contributed by atoms with van der Waals surface area (Å²) >= 11 is 3.24. The molecular weight excluding hydrogens is 492 g/mol. The van der Waals surface area contributed by atoms with Gasteiger partial charge in [-0.05, 0) is 61.0 Å². The molecule has 0 unspecified atom stereocenters. The second-order valence-corrected chi connectivity index (χ2v) is 9.82. The second kappa shape index (κ2) is 9.64. The second-order valence-electron chi connectivity index (χ2n) is 8.06. The molecule has 0 atom stereocenters. The third kappa shape index (κ3) is 4.41. The molecule has 0 amide bonds. The molecule has 5 aromatic rings. The van der Waals surface area contributed by atoms with Gasteiger partial charge in [0.05, 0.1) is 33.5 Å². The maximum atomic E-state index is 12.2. The Hall–Kier alpha value is -3.88. The number of aromatic carboxylic acids is 2. The summed E-state index contributed by atoms with van der Waals surface area (Å²) in [7, 11) is 0. The maximum Gasteiger partial charge on any atom is 0.336 e. The average Bonchev–Trinajstić information content (AvgIpc) is 2.90. The van der Waals surface area contributed by atoms with Crippen molar-refractivity contribution in [3.63, 3.8) is 0 Å². The van der Waals surface area contributed by atoms with Gasteiger partial charge >= 0.3 is 11.9 Å². The van der Waals surface area contributed by atoms with Crippen LogP contribution < -0.4 is 0 Å². The summed E-state index contributed by atoms with van der Waals surface area (Å²) in [5, 5.41) is 20.6. The van der Waals surface area contributed by atoms with Crippen molar-refractivity contribution in [3.05, 3.63) is 83.9 Å². The third-order valence-electron chi connectivity index (χ3n) is 5.97. The number of aromatic nitrogens is 2. The predicted octanol–water partition coefficient (Wildman–Crippen LogP) is 6.96. The van der Waals surface area contributed by atoms with E-state index in [4.69, 9.17) is 9.97 Å². The van der Waals surface area contributed by atoms with Crippen LogP contribution in [0.5, 0.6) is 0 Å². The minimum Gasteiger partial charge on any atom is -0.478 e. The van der Waals surface area contributed by atoms with Crippen molar-refractivity contribution in [3.8, 4) is 22.5 Å². The molecule has 0 fully saturated rings. The van der Waals surface area contributed by atoms with Crippen molar-refractivity contribution in [2.45, 2.75) is 9.79 Å². The van der Waals surface area contributed by atoms with Crippen LogP contribution in [0.25, 0.3) is 44.3 Å². The molecular formula is C28H20N2O4S2. The number of pyridine rings is 2. The fourth-order valence-corrected chi connectivity index (χ4v) is 4.94. The molecule has 0 bridgehead atoms. The van der Waals surface area contributed by atoms with Gasteiger partial charge in [-0.1, -0.05) is 24.3 Å². The molecule has 2 aromatic heterocycles. The van der Waals surface area contributed by atoms with Crippen molar-refractivity contribution >= 4 is 57.3 Å². The Kier molecular flexibility index (Phi) is 6.38. The molecule has 2 N–H and O–H groups in total. The van der Waals surface area contributed by atoms with E-state index in [9.17, 15) is 19.8 Å². The Morgan fingerprint density at radius 1 is 0.611 bits per heavy atom. The number of thioether (sulfide) groups is 2. The Morgan fingerprint density at radius 3 is 1.33 bits per heavy atom. The standard InChI is InChI=1S/C28H20N2O4S2/c1-35-17-7-3-15(4-8-17)23-12-21(27(31)32)19-11-20-22(28(33)34)13-24(30-26(20)14-25(19)29-23)16-5-9-18(36-2)10-6-16/h3-14H,1-2H3,(H,31,32)(H,33,34). The van der Waals surface area contributed by atoms with Crippen LogP contribution in [0.4, 0.5) is 0 Å². The van der Waals surface area contributed by atoms with Crippen molar-refractivity contribution in [2.75, 3.05) is 12.5 Å². The molecule has 0 radical (unpaired) electrons. The Morgan fingerprint density at radius 2 is 1.00 bits per heavy atom. The summed E-state index contributed by atoms with van der Waals surface area (Å²) < 4.78 is 0. The van der Waals surface area contributed by atoms with Crippen LogP contribution in [-0.2, 0) is 0 Å². The van der Waals surface area contributed by atoms with E-state index in [0.29, 0.717) is 33.2 Å². The van der Waals surface area contributed by atoms with Crippen molar-refractivity contribution < 1.29 is 19.8 Å². The van der Waals surface area contributed by atoms with Crippen molar-refractivity contribution in [1.82, 2.24) is 9.97 Å². The van der Waals surface area contributed by atoms with E-state index in [1.165, 1.54) is 12.1 Å². The zero-order valence-electron chi connectivity index (χ0n) is 19.4. The van der Waals surface area contributed by atoms with Gasteiger partial charge in [0, 0.05) is 31.7 Å². The number of carbonyl (C=O) groups is 2. The first kappa shape index (κ1) is 23.8. The number of rotatable bonds is 6. The van der Waals surface area contributed by atoms with Crippen LogP contribution in [0.3, 0.4) is 0 Å². The highest BCUT2D eigenvalue weighted by Gasteiger charge is 2.18. The quantitative estimate of drug-likeness (QED) is 0.186. The number of benzene rings is 3. The summed E-state index contributed by atoms with van der Waals surface area (Å²) in [5.41, 5.74) is 3.61. The minimum absolute atomic E-state index is 0.0545. The topological polar surface area (TPSA) is 100 Å². The molecule has 0 aliphatic heterocycles. The first-order valence-electron chi connectivity index (χ1n) is 10.9. The van der Waals surface area contributed by atoms with Crippen LogP contribution in [0.1, 0.15) is 20.7 Å². The molecule has 6 nitrogen and oxygen atoms in total. The number of hydrogen-bond donors (Lipinski definition) is 2. The van der Waals surface area contributed by atoms with E-state index in [1.807, 2.05) is 61.0 Å². The van der Waals surface area contributed by atoms with E-state index in [-0.39, 0.29) is 11.1 Å². The van der Waals surface area contributed by atoms with Crippen LogP contribution in [-0.4, -0.2) is 44.6 Å². The molecule has 5 rings (SSSR count). The summed E-state index contributed by atoms with van der Waals surface area (Å²) in [6.07, 6.45) is 3.97. The van der Waals surface area contributed by atoms with Gasteiger partial charge in [-0.2, -0.15) is 0 Å². The van der Waals surface area contributed by atoms with Crippen LogP contribution >= 0.6 is 23.5 Å².